The summed E-state index contributed by atoms with van der Waals surface area (Å²) in [5.41, 5.74) is -0.770. The van der Waals surface area contributed by atoms with Gasteiger partial charge in [0.05, 0.1) is 5.56 Å². The fourth-order valence-electron chi connectivity index (χ4n) is 2.03. The third-order valence-electron chi connectivity index (χ3n) is 3.26. The molecular weight excluding hydrogens is 275 g/mol. The molecule has 6 heteroatoms. The van der Waals surface area contributed by atoms with Crippen LogP contribution < -0.4 is 5.56 Å². The Morgan fingerprint density at radius 3 is 2.43 bits per heavy atom. The summed E-state index contributed by atoms with van der Waals surface area (Å²) < 4.78 is 13.7. The molecule has 0 bridgehead atoms. The number of rotatable bonds is 2. The largest absolute Gasteiger partial charge is 0.494 e. The van der Waals surface area contributed by atoms with Crippen LogP contribution in [0.5, 0.6) is 5.88 Å². The highest BCUT2D eigenvalue weighted by Crippen LogP contribution is 2.24. The van der Waals surface area contributed by atoms with E-state index in [1.807, 2.05) is 0 Å². The first kappa shape index (κ1) is 14.5. The number of nitriles is 1. The number of hydrogen-bond acceptors (Lipinski definition) is 4. The molecule has 1 aromatic heterocycles. The van der Waals surface area contributed by atoms with Crippen molar-refractivity contribution in [1.82, 2.24) is 4.57 Å². The summed E-state index contributed by atoms with van der Waals surface area (Å²) in [7, 11) is 1.26. The predicted octanol–water partition coefficient (Wildman–Crippen LogP) is 1.64. The molecular formula is C15H11FN2O3. The fourth-order valence-corrected chi connectivity index (χ4v) is 2.03. The SMILES string of the molecule is Cc1c(C(=O)c2ccc(F)cc2)c(O)n(C)c(=O)c1C#N. The summed E-state index contributed by atoms with van der Waals surface area (Å²) in [5, 5.41) is 19.0. The molecule has 0 amide bonds. The Hall–Kier alpha value is -2.94. The average molecular weight is 286 g/mol. The van der Waals surface area contributed by atoms with Crippen molar-refractivity contribution in [2.45, 2.75) is 6.92 Å². The highest BCUT2D eigenvalue weighted by Gasteiger charge is 2.23. The molecule has 0 aliphatic rings. The second kappa shape index (κ2) is 5.21. The number of halogens is 1. The predicted molar refractivity (Wildman–Crippen MR) is 72.6 cm³/mol. The second-order valence-corrected chi connectivity index (χ2v) is 4.51. The molecule has 0 aliphatic carbocycles. The third-order valence-corrected chi connectivity index (χ3v) is 3.26. The van der Waals surface area contributed by atoms with Gasteiger partial charge in [-0.3, -0.25) is 14.2 Å². The topological polar surface area (TPSA) is 83.1 Å². The van der Waals surface area contributed by atoms with Gasteiger partial charge >= 0.3 is 0 Å². The molecule has 0 saturated heterocycles. The number of carbonyl (C=O) groups is 1. The van der Waals surface area contributed by atoms with Crippen LogP contribution in [0.25, 0.3) is 0 Å². The number of pyridine rings is 1. The van der Waals surface area contributed by atoms with Crippen molar-refractivity contribution < 1.29 is 14.3 Å². The van der Waals surface area contributed by atoms with Crippen molar-refractivity contribution in [1.29, 1.82) is 5.26 Å². The molecule has 0 fully saturated rings. The van der Waals surface area contributed by atoms with Gasteiger partial charge in [0, 0.05) is 12.6 Å². The minimum Gasteiger partial charge on any atom is -0.494 e. The fraction of sp³-hybridized carbons (Fsp3) is 0.133. The van der Waals surface area contributed by atoms with E-state index in [-0.39, 0.29) is 22.3 Å². The van der Waals surface area contributed by atoms with Crippen LogP contribution in [0, 0.1) is 24.1 Å². The van der Waals surface area contributed by atoms with E-state index in [2.05, 4.69) is 0 Å². The van der Waals surface area contributed by atoms with Gasteiger partial charge in [-0.15, -0.1) is 0 Å². The molecule has 0 saturated carbocycles. The van der Waals surface area contributed by atoms with E-state index in [0.29, 0.717) is 0 Å². The van der Waals surface area contributed by atoms with Crippen LogP contribution in [0.2, 0.25) is 0 Å². The van der Waals surface area contributed by atoms with Gasteiger partial charge < -0.3 is 5.11 Å². The van der Waals surface area contributed by atoms with Gasteiger partial charge in [0.25, 0.3) is 5.56 Å². The van der Waals surface area contributed by atoms with Crippen molar-refractivity contribution >= 4 is 5.78 Å². The monoisotopic (exact) mass is 286 g/mol. The Morgan fingerprint density at radius 1 is 1.33 bits per heavy atom. The normalized spacial score (nSPS) is 10.2. The van der Waals surface area contributed by atoms with Crippen LogP contribution >= 0.6 is 0 Å². The molecule has 1 aromatic carbocycles. The Bertz CT molecular complexity index is 830. The van der Waals surface area contributed by atoms with E-state index in [1.165, 1.54) is 26.1 Å². The summed E-state index contributed by atoms with van der Waals surface area (Å²) in [6, 6.07) is 6.51. The Balaban J connectivity index is 2.73. The smallest absolute Gasteiger partial charge is 0.271 e. The zero-order valence-electron chi connectivity index (χ0n) is 11.3. The number of hydrogen-bond donors (Lipinski definition) is 1. The molecule has 0 radical (unpaired) electrons. The van der Waals surface area contributed by atoms with Crippen LogP contribution in [0.1, 0.15) is 27.0 Å². The van der Waals surface area contributed by atoms with E-state index in [9.17, 15) is 19.1 Å². The lowest BCUT2D eigenvalue weighted by Gasteiger charge is -2.12. The molecule has 1 N–H and O–H groups in total. The zero-order chi connectivity index (χ0) is 15.7. The highest BCUT2D eigenvalue weighted by atomic mass is 19.1. The number of ketones is 1. The van der Waals surface area contributed by atoms with E-state index in [1.54, 1.807) is 6.07 Å². The summed E-state index contributed by atoms with van der Waals surface area (Å²) in [4.78, 5) is 24.2. The maximum absolute atomic E-state index is 12.9. The summed E-state index contributed by atoms with van der Waals surface area (Å²) in [5.74, 6) is -1.60. The molecule has 0 unspecified atom stereocenters. The Morgan fingerprint density at radius 2 is 1.90 bits per heavy atom. The van der Waals surface area contributed by atoms with Crippen LogP contribution in [0.15, 0.2) is 29.1 Å². The van der Waals surface area contributed by atoms with Crippen molar-refractivity contribution in [3.05, 3.63) is 62.7 Å². The van der Waals surface area contributed by atoms with Gasteiger partial charge in [-0.05, 0) is 36.8 Å². The lowest BCUT2D eigenvalue weighted by atomic mass is 9.97. The number of aromatic nitrogens is 1. The van der Waals surface area contributed by atoms with E-state index >= 15 is 0 Å². The third kappa shape index (κ3) is 2.30. The van der Waals surface area contributed by atoms with Gasteiger partial charge in [-0.1, -0.05) is 0 Å². The molecule has 21 heavy (non-hydrogen) atoms. The van der Waals surface area contributed by atoms with Crippen molar-refractivity contribution in [3.8, 4) is 11.9 Å². The minimum atomic E-state index is -0.678. The maximum Gasteiger partial charge on any atom is 0.271 e. The summed E-state index contributed by atoms with van der Waals surface area (Å²) in [6.45, 7) is 1.41. The van der Waals surface area contributed by atoms with Crippen molar-refractivity contribution in [2.75, 3.05) is 0 Å². The van der Waals surface area contributed by atoms with Crippen LogP contribution in [-0.2, 0) is 7.05 Å². The average Bonchev–Trinajstić information content (AvgIpc) is 2.46. The van der Waals surface area contributed by atoms with Crippen LogP contribution in [0.4, 0.5) is 4.39 Å². The van der Waals surface area contributed by atoms with Gasteiger partial charge in [-0.2, -0.15) is 5.26 Å². The number of aromatic hydroxyl groups is 1. The van der Waals surface area contributed by atoms with Gasteiger partial charge in [0.1, 0.15) is 17.4 Å². The van der Waals surface area contributed by atoms with Crippen LogP contribution in [0.3, 0.4) is 0 Å². The molecule has 2 aromatic rings. The molecule has 5 nitrogen and oxygen atoms in total. The molecule has 106 valence electrons. The van der Waals surface area contributed by atoms with Crippen LogP contribution in [-0.4, -0.2) is 15.5 Å². The second-order valence-electron chi connectivity index (χ2n) is 4.51. The number of nitrogens with zero attached hydrogens (tertiary/aromatic N) is 2. The standard InChI is InChI=1S/C15H11FN2O3/c1-8-11(7-17)14(20)18(2)15(21)12(8)13(19)9-3-5-10(16)6-4-9/h3-6,21H,1-2H3. The van der Waals surface area contributed by atoms with E-state index < -0.39 is 23.0 Å². The van der Waals surface area contributed by atoms with Gasteiger partial charge in [-0.25, -0.2) is 4.39 Å². The molecule has 1 heterocycles. The lowest BCUT2D eigenvalue weighted by Crippen LogP contribution is -2.24. The van der Waals surface area contributed by atoms with Gasteiger partial charge in [0.2, 0.25) is 5.88 Å². The zero-order valence-corrected chi connectivity index (χ0v) is 11.3. The number of carbonyl (C=O) groups excluding carboxylic acids is 1. The molecule has 0 atom stereocenters. The minimum absolute atomic E-state index is 0.104. The maximum atomic E-state index is 12.9. The first-order chi connectivity index (χ1) is 9.88. The van der Waals surface area contributed by atoms with Gasteiger partial charge in [0.15, 0.2) is 5.78 Å². The molecule has 0 aliphatic heterocycles. The first-order valence-electron chi connectivity index (χ1n) is 6.01. The van der Waals surface area contributed by atoms with Crippen molar-refractivity contribution in [2.24, 2.45) is 7.05 Å². The lowest BCUT2D eigenvalue weighted by molar-refractivity contribution is 0.103. The highest BCUT2D eigenvalue weighted by molar-refractivity contribution is 6.11. The summed E-state index contributed by atoms with van der Waals surface area (Å²) >= 11 is 0. The summed E-state index contributed by atoms with van der Waals surface area (Å²) in [6.07, 6.45) is 0. The first-order valence-corrected chi connectivity index (χ1v) is 6.01. The number of benzene rings is 1. The molecule has 0 spiro atoms. The quantitative estimate of drug-likeness (QED) is 0.851. The Kier molecular flexibility index (Phi) is 3.59. The van der Waals surface area contributed by atoms with E-state index in [0.717, 1.165) is 16.7 Å². The van der Waals surface area contributed by atoms with E-state index in [4.69, 9.17) is 5.26 Å². The molecule has 2 rings (SSSR count). The van der Waals surface area contributed by atoms with Crippen molar-refractivity contribution in [3.63, 3.8) is 0 Å². The Labute approximate surface area is 119 Å².